The van der Waals surface area contributed by atoms with Gasteiger partial charge in [-0.25, -0.2) is 12.7 Å². The Hall–Kier alpha value is -2.13. The first kappa shape index (κ1) is 15.3. The molecule has 2 aromatic heterocycles. The van der Waals surface area contributed by atoms with E-state index >= 15 is 0 Å². The van der Waals surface area contributed by atoms with Gasteiger partial charge in [-0.2, -0.15) is 5.10 Å². The molecule has 0 spiro atoms. The topological polar surface area (TPSA) is 108 Å². The van der Waals surface area contributed by atoms with Crippen LogP contribution in [0.25, 0.3) is 0 Å². The SMILES string of the molecule is CC(NC(=O)c1ccc(S(=O)(=O)N(C)C)o1)c1cn[nH]c1. The molecular weight excluding hydrogens is 296 g/mol. The van der Waals surface area contributed by atoms with Gasteiger partial charge in [0.25, 0.3) is 15.9 Å². The average molecular weight is 312 g/mol. The summed E-state index contributed by atoms with van der Waals surface area (Å²) in [5.74, 6) is -0.560. The van der Waals surface area contributed by atoms with Crippen LogP contribution in [0.15, 0.2) is 34.0 Å². The molecule has 2 rings (SSSR count). The third kappa shape index (κ3) is 3.14. The zero-order chi connectivity index (χ0) is 15.6. The second kappa shape index (κ2) is 5.70. The first-order chi connectivity index (χ1) is 9.82. The van der Waals surface area contributed by atoms with E-state index in [9.17, 15) is 13.2 Å². The third-order valence-electron chi connectivity index (χ3n) is 2.91. The smallest absolute Gasteiger partial charge is 0.287 e. The average Bonchev–Trinajstić information content (AvgIpc) is 3.10. The fourth-order valence-electron chi connectivity index (χ4n) is 1.61. The molecule has 1 unspecified atom stereocenters. The maximum atomic E-state index is 12.0. The molecule has 0 saturated carbocycles. The van der Waals surface area contributed by atoms with Gasteiger partial charge in [0.1, 0.15) is 0 Å². The predicted octanol–water partition coefficient (Wildman–Crippen LogP) is 0.744. The molecule has 1 amide bonds. The summed E-state index contributed by atoms with van der Waals surface area (Å²) in [5, 5.41) is 8.87. The van der Waals surface area contributed by atoms with Crippen LogP contribution < -0.4 is 5.32 Å². The van der Waals surface area contributed by atoms with E-state index in [2.05, 4.69) is 15.5 Å². The molecule has 0 saturated heterocycles. The Morgan fingerprint density at radius 1 is 1.43 bits per heavy atom. The zero-order valence-electron chi connectivity index (χ0n) is 11.8. The maximum absolute atomic E-state index is 12.0. The maximum Gasteiger partial charge on any atom is 0.287 e. The highest BCUT2D eigenvalue weighted by Crippen LogP contribution is 2.18. The number of amides is 1. The van der Waals surface area contributed by atoms with Gasteiger partial charge in [-0.05, 0) is 19.1 Å². The molecule has 0 bridgehead atoms. The second-order valence-corrected chi connectivity index (χ2v) is 6.72. The Morgan fingerprint density at radius 3 is 2.71 bits per heavy atom. The molecule has 0 radical (unpaired) electrons. The van der Waals surface area contributed by atoms with E-state index in [-0.39, 0.29) is 16.9 Å². The van der Waals surface area contributed by atoms with Crippen LogP contribution in [-0.2, 0) is 10.0 Å². The summed E-state index contributed by atoms with van der Waals surface area (Å²) in [5.41, 5.74) is 0.802. The number of hydrogen-bond donors (Lipinski definition) is 2. The summed E-state index contributed by atoms with van der Waals surface area (Å²) in [6.45, 7) is 1.78. The van der Waals surface area contributed by atoms with Crippen LogP contribution in [0, 0.1) is 0 Å². The lowest BCUT2D eigenvalue weighted by Gasteiger charge is -2.10. The number of aromatic nitrogens is 2. The van der Waals surface area contributed by atoms with Crippen molar-refractivity contribution in [2.45, 2.75) is 18.1 Å². The number of furan rings is 1. The van der Waals surface area contributed by atoms with Crippen LogP contribution >= 0.6 is 0 Å². The quantitative estimate of drug-likeness (QED) is 0.846. The van der Waals surface area contributed by atoms with Gasteiger partial charge >= 0.3 is 0 Å². The van der Waals surface area contributed by atoms with Gasteiger partial charge in [0, 0.05) is 25.9 Å². The molecule has 0 aliphatic heterocycles. The van der Waals surface area contributed by atoms with Crippen molar-refractivity contribution in [2.75, 3.05) is 14.1 Å². The fourth-order valence-corrected chi connectivity index (χ4v) is 2.40. The van der Waals surface area contributed by atoms with Gasteiger partial charge < -0.3 is 9.73 Å². The molecule has 9 heteroatoms. The Kier molecular flexibility index (Phi) is 4.14. The van der Waals surface area contributed by atoms with E-state index in [1.807, 2.05) is 0 Å². The van der Waals surface area contributed by atoms with Gasteiger partial charge in [-0.1, -0.05) is 0 Å². The molecule has 8 nitrogen and oxygen atoms in total. The molecule has 2 N–H and O–H groups in total. The summed E-state index contributed by atoms with van der Waals surface area (Å²) in [4.78, 5) is 12.0. The van der Waals surface area contributed by atoms with Crippen molar-refractivity contribution < 1.29 is 17.6 Å². The van der Waals surface area contributed by atoms with Crippen molar-refractivity contribution in [3.63, 3.8) is 0 Å². The molecule has 114 valence electrons. The van der Waals surface area contributed by atoms with E-state index in [1.54, 1.807) is 19.3 Å². The number of rotatable bonds is 5. The Balaban J connectivity index is 2.13. The van der Waals surface area contributed by atoms with Gasteiger partial charge in [-0.15, -0.1) is 0 Å². The number of carbonyl (C=O) groups is 1. The summed E-state index contributed by atoms with van der Waals surface area (Å²) in [6.07, 6.45) is 3.25. The van der Waals surface area contributed by atoms with Crippen LogP contribution in [0.4, 0.5) is 0 Å². The second-order valence-electron chi connectivity index (χ2n) is 4.63. The van der Waals surface area contributed by atoms with Crippen molar-refractivity contribution in [2.24, 2.45) is 0 Å². The lowest BCUT2D eigenvalue weighted by molar-refractivity contribution is 0.0906. The number of hydrogen-bond acceptors (Lipinski definition) is 5. The van der Waals surface area contributed by atoms with Crippen LogP contribution in [0.5, 0.6) is 0 Å². The van der Waals surface area contributed by atoms with Gasteiger partial charge in [-0.3, -0.25) is 9.89 Å². The van der Waals surface area contributed by atoms with E-state index in [0.29, 0.717) is 0 Å². The minimum absolute atomic E-state index is 0.0641. The Bertz CT molecular complexity index is 718. The lowest BCUT2D eigenvalue weighted by atomic mass is 10.2. The first-order valence-electron chi connectivity index (χ1n) is 6.14. The van der Waals surface area contributed by atoms with E-state index in [0.717, 1.165) is 9.87 Å². The predicted molar refractivity (Wildman–Crippen MR) is 74.0 cm³/mol. The van der Waals surface area contributed by atoms with E-state index in [4.69, 9.17) is 4.42 Å². The largest absolute Gasteiger partial charge is 0.438 e. The standard InChI is InChI=1S/C12H16N4O4S/c1-8(9-6-13-14-7-9)15-12(17)10-4-5-11(20-10)21(18,19)16(2)3/h4-8H,1-3H3,(H,13,14)(H,15,17). The van der Waals surface area contributed by atoms with Crippen molar-refractivity contribution in [3.8, 4) is 0 Å². The van der Waals surface area contributed by atoms with Crippen LogP contribution in [0.1, 0.15) is 29.1 Å². The van der Waals surface area contributed by atoms with Crippen LogP contribution in [0.3, 0.4) is 0 Å². The monoisotopic (exact) mass is 312 g/mol. The molecule has 21 heavy (non-hydrogen) atoms. The van der Waals surface area contributed by atoms with Crippen molar-refractivity contribution in [1.29, 1.82) is 0 Å². The van der Waals surface area contributed by atoms with Crippen LogP contribution in [0.2, 0.25) is 0 Å². The highest BCUT2D eigenvalue weighted by Gasteiger charge is 2.24. The van der Waals surface area contributed by atoms with Crippen molar-refractivity contribution >= 4 is 15.9 Å². The number of nitrogens with zero attached hydrogens (tertiary/aromatic N) is 2. The minimum atomic E-state index is -3.69. The lowest BCUT2D eigenvalue weighted by Crippen LogP contribution is -2.26. The van der Waals surface area contributed by atoms with E-state index < -0.39 is 15.9 Å². The Labute approximate surface area is 122 Å². The summed E-state index contributed by atoms with van der Waals surface area (Å²) >= 11 is 0. The van der Waals surface area contributed by atoms with Gasteiger partial charge in [0.15, 0.2) is 5.76 Å². The molecule has 0 aliphatic carbocycles. The van der Waals surface area contributed by atoms with Crippen molar-refractivity contribution in [1.82, 2.24) is 19.8 Å². The highest BCUT2D eigenvalue weighted by atomic mass is 32.2. The molecular formula is C12H16N4O4S. The number of carbonyl (C=O) groups excluding carboxylic acids is 1. The zero-order valence-corrected chi connectivity index (χ0v) is 12.6. The number of sulfonamides is 1. The van der Waals surface area contributed by atoms with Gasteiger partial charge in [0.05, 0.1) is 12.2 Å². The van der Waals surface area contributed by atoms with E-state index in [1.165, 1.54) is 26.2 Å². The third-order valence-corrected chi connectivity index (χ3v) is 4.60. The minimum Gasteiger partial charge on any atom is -0.438 e. The van der Waals surface area contributed by atoms with Crippen molar-refractivity contribution in [3.05, 3.63) is 35.9 Å². The molecule has 0 aromatic carbocycles. The van der Waals surface area contributed by atoms with Gasteiger partial charge in [0.2, 0.25) is 5.09 Å². The summed E-state index contributed by atoms with van der Waals surface area (Å²) in [7, 11) is -0.915. The summed E-state index contributed by atoms with van der Waals surface area (Å²) in [6, 6.07) is 2.30. The highest BCUT2D eigenvalue weighted by molar-refractivity contribution is 7.88. The number of aromatic amines is 1. The molecule has 0 fully saturated rings. The normalized spacial score (nSPS) is 13.3. The number of nitrogens with one attached hydrogen (secondary N) is 2. The summed E-state index contributed by atoms with van der Waals surface area (Å²) < 4.78 is 29.9. The fraction of sp³-hybridized carbons (Fsp3) is 0.333. The molecule has 1 atom stereocenters. The molecule has 2 heterocycles. The first-order valence-corrected chi connectivity index (χ1v) is 7.58. The molecule has 0 aliphatic rings. The Morgan fingerprint density at radius 2 is 2.14 bits per heavy atom. The number of H-pyrrole nitrogens is 1. The van der Waals surface area contributed by atoms with Crippen LogP contribution in [-0.4, -0.2) is 42.9 Å². The molecule has 2 aromatic rings.